The molecule has 0 heterocycles. The number of benzene rings is 2. The molecule has 2 unspecified atom stereocenters. The molecule has 1 aliphatic rings. The summed E-state index contributed by atoms with van der Waals surface area (Å²) in [5.74, 6) is 0.634. The summed E-state index contributed by atoms with van der Waals surface area (Å²) < 4.78 is 0. The molecule has 1 aliphatic carbocycles. The highest BCUT2D eigenvalue weighted by molar-refractivity contribution is 5.78. The zero-order valence-electron chi connectivity index (χ0n) is 15.4. The Morgan fingerprint density at radius 1 is 1.04 bits per heavy atom. The zero-order chi connectivity index (χ0) is 17.9. The molecular formula is C22H28N2O. The Morgan fingerprint density at radius 3 is 2.24 bits per heavy atom. The molecule has 3 rings (SSSR count). The normalized spacial score (nSPS) is 19.7. The van der Waals surface area contributed by atoms with E-state index in [1.54, 1.807) is 0 Å². The van der Waals surface area contributed by atoms with Gasteiger partial charge in [0, 0.05) is 24.0 Å². The van der Waals surface area contributed by atoms with Crippen molar-refractivity contribution in [1.29, 1.82) is 0 Å². The van der Waals surface area contributed by atoms with Crippen LogP contribution in [0.2, 0.25) is 0 Å². The number of carbonyl (C=O) groups excluding carboxylic acids is 1. The predicted molar refractivity (Wildman–Crippen MR) is 102 cm³/mol. The van der Waals surface area contributed by atoms with Crippen LogP contribution in [0, 0.1) is 0 Å². The van der Waals surface area contributed by atoms with Gasteiger partial charge in [0.2, 0.25) is 5.91 Å². The Morgan fingerprint density at radius 2 is 1.64 bits per heavy atom. The lowest BCUT2D eigenvalue weighted by atomic mass is 10.1. The quantitative estimate of drug-likeness (QED) is 0.866. The van der Waals surface area contributed by atoms with Crippen molar-refractivity contribution in [3.05, 3.63) is 71.8 Å². The van der Waals surface area contributed by atoms with E-state index in [0.717, 1.165) is 13.0 Å². The summed E-state index contributed by atoms with van der Waals surface area (Å²) in [5.41, 5.74) is 2.43. The lowest BCUT2D eigenvalue weighted by Gasteiger charge is -2.26. The van der Waals surface area contributed by atoms with Crippen molar-refractivity contribution in [2.45, 2.75) is 51.2 Å². The molecule has 1 N–H and O–H groups in total. The first-order valence-electron chi connectivity index (χ1n) is 9.06. The Balaban J connectivity index is 1.70. The van der Waals surface area contributed by atoms with Gasteiger partial charge in [-0.15, -0.1) is 0 Å². The molecule has 2 aromatic carbocycles. The number of rotatable bonds is 6. The van der Waals surface area contributed by atoms with Gasteiger partial charge in [-0.2, -0.15) is 0 Å². The third-order valence-corrected chi connectivity index (χ3v) is 4.54. The average molecular weight is 336 g/mol. The maximum atomic E-state index is 12.5. The first kappa shape index (κ1) is 17.7. The van der Waals surface area contributed by atoms with Crippen LogP contribution in [-0.4, -0.2) is 28.9 Å². The highest BCUT2D eigenvalue weighted by Crippen LogP contribution is 2.45. The van der Waals surface area contributed by atoms with E-state index >= 15 is 0 Å². The molecule has 1 saturated carbocycles. The van der Waals surface area contributed by atoms with E-state index in [9.17, 15) is 4.79 Å². The van der Waals surface area contributed by atoms with Crippen molar-refractivity contribution in [1.82, 2.24) is 10.2 Å². The molecule has 0 aromatic heterocycles. The van der Waals surface area contributed by atoms with Crippen LogP contribution in [0.5, 0.6) is 0 Å². The molecule has 2 atom stereocenters. The van der Waals surface area contributed by atoms with Crippen LogP contribution in [0.15, 0.2) is 60.7 Å². The van der Waals surface area contributed by atoms with E-state index in [1.165, 1.54) is 11.1 Å². The smallest absolute Gasteiger partial charge is 0.234 e. The minimum Gasteiger partial charge on any atom is -0.350 e. The summed E-state index contributed by atoms with van der Waals surface area (Å²) in [4.78, 5) is 14.8. The summed E-state index contributed by atoms with van der Waals surface area (Å²) in [5, 5.41) is 3.09. The lowest BCUT2D eigenvalue weighted by Crippen LogP contribution is -2.46. The Hall–Kier alpha value is -2.13. The van der Waals surface area contributed by atoms with Crippen molar-refractivity contribution in [3.8, 4) is 0 Å². The summed E-state index contributed by atoms with van der Waals surface area (Å²) in [6, 6.07) is 21.5. The van der Waals surface area contributed by atoms with Crippen molar-refractivity contribution in [2.24, 2.45) is 0 Å². The molecule has 0 aliphatic heterocycles. The van der Waals surface area contributed by atoms with Crippen LogP contribution in [0.3, 0.4) is 0 Å². The van der Waals surface area contributed by atoms with Crippen LogP contribution in [0.4, 0.5) is 0 Å². The molecule has 0 spiro atoms. The van der Waals surface area contributed by atoms with Gasteiger partial charge in [-0.3, -0.25) is 9.69 Å². The maximum Gasteiger partial charge on any atom is 0.234 e. The first-order chi connectivity index (χ1) is 11.9. The van der Waals surface area contributed by atoms with E-state index in [4.69, 9.17) is 0 Å². The molecule has 2 aromatic rings. The second-order valence-electron chi connectivity index (χ2n) is 8.01. The molecule has 3 heteroatoms. The third kappa shape index (κ3) is 5.17. The molecule has 0 bridgehead atoms. The highest BCUT2D eigenvalue weighted by Gasteiger charge is 2.43. The van der Waals surface area contributed by atoms with Gasteiger partial charge in [0.15, 0.2) is 0 Å². The van der Waals surface area contributed by atoms with Gasteiger partial charge in [-0.05, 0) is 38.3 Å². The zero-order valence-corrected chi connectivity index (χ0v) is 15.4. The minimum atomic E-state index is -0.197. The maximum absolute atomic E-state index is 12.5. The molecule has 1 fully saturated rings. The largest absolute Gasteiger partial charge is 0.350 e. The van der Waals surface area contributed by atoms with Gasteiger partial charge < -0.3 is 5.32 Å². The van der Waals surface area contributed by atoms with Gasteiger partial charge in [-0.1, -0.05) is 60.7 Å². The summed E-state index contributed by atoms with van der Waals surface area (Å²) in [6.45, 7) is 7.33. The van der Waals surface area contributed by atoms with Gasteiger partial charge in [0.25, 0.3) is 0 Å². The third-order valence-electron chi connectivity index (χ3n) is 4.54. The van der Waals surface area contributed by atoms with E-state index in [2.05, 4.69) is 64.8 Å². The van der Waals surface area contributed by atoms with Crippen molar-refractivity contribution < 1.29 is 4.79 Å². The van der Waals surface area contributed by atoms with Crippen molar-refractivity contribution >= 4 is 5.91 Å². The van der Waals surface area contributed by atoms with Crippen LogP contribution in [0.25, 0.3) is 0 Å². The van der Waals surface area contributed by atoms with Crippen LogP contribution < -0.4 is 5.32 Å². The van der Waals surface area contributed by atoms with Gasteiger partial charge >= 0.3 is 0 Å². The van der Waals surface area contributed by atoms with Gasteiger partial charge in [0.05, 0.1) is 6.54 Å². The molecule has 132 valence electrons. The number of hydrogen-bond donors (Lipinski definition) is 1. The molecule has 0 radical (unpaired) electrons. The van der Waals surface area contributed by atoms with Crippen molar-refractivity contribution in [3.63, 3.8) is 0 Å². The molecule has 0 saturated heterocycles. The fraction of sp³-hybridized carbons (Fsp3) is 0.409. The lowest BCUT2D eigenvalue weighted by molar-refractivity contribution is -0.124. The topological polar surface area (TPSA) is 32.3 Å². The number of amides is 1. The number of hydrogen-bond acceptors (Lipinski definition) is 2. The first-order valence-corrected chi connectivity index (χ1v) is 9.06. The Labute approximate surface area is 151 Å². The summed E-state index contributed by atoms with van der Waals surface area (Å²) >= 11 is 0. The minimum absolute atomic E-state index is 0.0992. The van der Waals surface area contributed by atoms with Gasteiger partial charge in [-0.25, -0.2) is 0 Å². The van der Waals surface area contributed by atoms with E-state index in [-0.39, 0.29) is 11.4 Å². The van der Waals surface area contributed by atoms with E-state index in [0.29, 0.717) is 18.5 Å². The second kappa shape index (κ2) is 7.40. The predicted octanol–water partition coefficient (Wildman–Crippen LogP) is 3.96. The molecule has 25 heavy (non-hydrogen) atoms. The summed E-state index contributed by atoms with van der Waals surface area (Å²) in [7, 11) is 0. The number of carbonyl (C=O) groups is 1. The van der Waals surface area contributed by atoms with Crippen LogP contribution >= 0.6 is 0 Å². The fourth-order valence-electron chi connectivity index (χ4n) is 3.39. The molecule has 3 nitrogen and oxygen atoms in total. The molecular weight excluding hydrogens is 308 g/mol. The van der Waals surface area contributed by atoms with E-state index < -0.39 is 0 Å². The average Bonchev–Trinajstić information content (AvgIpc) is 3.35. The summed E-state index contributed by atoms with van der Waals surface area (Å²) in [6.07, 6.45) is 1.12. The number of nitrogens with zero attached hydrogens (tertiary/aromatic N) is 1. The second-order valence-corrected chi connectivity index (χ2v) is 8.01. The highest BCUT2D eigenvalue weighted by atomic mass is 16.2. The standard InChI is InChI=1S/C22H28N2O/c1-22(2,3)23-21(25)16-24(15-17-10-6-4-7-11-17)20-14-19(20)18-12-8-5-9-13-18/h4-13,19-20H,14-16H2,1-3H3,(H,23,25). The Kier molecular flexibility index (Phi) is 5.24. The van der Waals surface area contributed by atoms with E-state index in [1.807, 2.05) is 26.8 Å². The monoisotopic (exact) mass is 336 g/mol. The number of nitrogens with one attached hydrogen (secondary N) is 1. The fourth-order valence-corrected chi connectivity index (χ4v) is 3.39. The van der Waals surface area contributed by atoms with Crippen molar-refractivity contribution in [2.75, 3.05) is 6.54 Å². The Bertz CT molecular complexity index is 691. The SMILES string of the molecule is CC(C)(C)NC(=O)CN(Cc1ccccc1)C1CC1c1ccccc1. The molecule has 1 amide bonds. The van der Waals surface area contributed by atoms with Crippen LogP contribution in [-0.2, 0) is 11.3 Å². The van der Waals surface area contributed by atoms with Gasteiger partial charge in [0.1, 0.15) is 0 Å². The van der Waals surface area contributed by atoms with Crippen LogP contribution in [0.1, 0.15) is 44.2 Å².